The lowest BCUT2D eigenvalue weighted by molar-refractivity contribution is -0.150. The summed E-state index contributed by atoms with van der Waals surface area (Å²) in [5, 5.41) is 0. The second-order valence-electron chi connectivity index (χ2n) is 6.75. The van der Waals surface area contributed by atoms with Crippen LogP contribution in [0.4, 0.5) is 0 Å². The third-order valence-electron chi connectivity index (χ3n) is 4.62. The average Bonchev–Trinajstić information content (AvgIpc) is 3.08. The minimum Gasteiger partial charge on any atom is -0.460 e. The molecule has 30 heavy (non-hydrogen) atoms. The second kappa shape index (κ2) is 8.19. The number of phosphoric acid groups is 1. The molecule has 0 bridgehead atoms. The molecule has 2 aromatic rings. The minimum atomic E-state index is -3.90. The molecule has 1 aromatic heterocycles. The molecule has 11 nitrogen and oxygen atoms in total. The van der Waals surface area contributed by atoms with E-state index in [9.17, 15) is 18.9 Å². The molecule has 4 rings (SSSR count). The fourth-order valence-electron chi connectivity index (χ4n) is 3.25. The van der Waals surface area contributed by atoms with Crippen LogP contribution in [0.5, 0.6) is 5.75 Å². The number of hydrogen-bond donors (Lipinski definition) is 1. The Balaban J connectivity index is 1.47. The Kier molecular flexibility index (Phi) is 5.61. The maximum absolute atomic E-state index is 12.8. The van der Waals surface area contributed by atoms with Crippen molar-refractivity contribution in [3.05, 3.63) is 62.9 Å². The van der Waals surface area contributed by atoms with Gasteiger partial charge in [-0.05, 0) is 6.07 Å². The first-order valence-electron chi connectivity index (χ1n) is 9.14. The third kappa shape index (κ3) is 4.39. The van der Waals surface area contributed by atoms with Crippen LogP contribution in [-0.2, 0) is 34.5 Å². The number of aromatic amines is 1. The van der Waals surface area contributed by atoms with Crippen LogP contribution in [0.25, 0.3) is 0 Å². The van der Waals surface area contributed by atoms with Crippen molar-refractivity contribution in [2.24, 2.45) is 0 Å². The number of para-hydroxylation sites is 1. The zero-order valence-electron chi connectivity index (χ0n) is 15.9. The van der Waals surface area contributed by atoms with E-state index >= 15 is 0 Å². The number of ether oxygens (including phenoxy) is 2. The Labute approximate surface area is 170 Å². The number of esters is 1. The van der Waals surface area contributed by atoms with E-state index < -0.39 is 43.5 Å². The van der Waals surface area contributed by atoms with Crippen molar-refractivity contribution in [1.82, 2.24) is 9.55 Å². The van der Waals surface area contributed by atoms with Crippen molar-refractivity contribution in [2.75, 3.05) is 6.61 Å². The van der Waals surface area contributed by atoms with Gasteiger partial charge in [-0.25, -0.2) is 9.36 Å². The van der Waals surface area contributed by atoms with Crippen LogP contribution in [0.2, 0.25) is 0 Å². The Hall–Kier alpha value is -2.72. The molecule has 0 amide bonds. The number of carbonyl (C=O) groups is 1. The van der Waals surface area contributed by atoms with Crippen molar-refractivity contribution in [2.45, 2.75) is 38.4 Å². The molecular weight excluding hydrogens is 419 g/mol. The minimum absolute atomic E-state index is 0.0573. The normalized spacial score (nSPS) is 27.8. The molecule has 0 spiro atoms. The smallest absolute Gasteiger partial charge is 0.460 e. The van der Waals surface area contributed by atoms with E-state index in [2.05, 4.69) is 4.98 Å². The molecule has 2 aliphatic heterocycles. The van der Waals surface area contributed by atoms with Gasteiger partial charge < -0.3 is 14.0 Å². The standard InChI is InChI=1S/C18H19N2O9P/c1-11(21)27-14-8-17(20-7-6-16(22)19-18(20)23)28-15(14)10-26-30(24)25-9-12-4-2-3-5-13(12)29-30/h2-7,14-15,17H,8-10H2,1H3,(H,19,22,23)/t14?,15-,17-,30+/m1/s1. The van der Waals surface area contributed by atoms with Crippen LogP contribution in [0, 0.1) is 0 Å². The summed E-state index contributed by atoms with van der Waals surface area (Å²) >= 11 is 0. The summed E-state index contributed by atoms with van der Waals surface area (Å²) in [6.07, 6.45) is -1.01. The van der Waals surface area contributed by atoms with Gasteiger partial charge >= 0.3 is 19.5 Å². The molecule has 1 N–H and O–H groups in total. The summed E-state index contributed by atoms with van der Waals surface area (Å²) in [7, 11) is -3.90. The Morgan fingerprint density at radius 2 is 2.10 bits per heavy atom. The molecule has 4 atom stereocenters. The highest BCUT2D eigenvalue weighted by Crippen LogP contribution is 2.54. The topological polar surface area (TPSA) is 135 Å². The third-order valence-corrected chi connectivity index (χ3v) is 5.95. The van der Waals surface area contributed by atoms with Crippen LogP contribution in [0.1, 0.15) is 25.1 Å². The number of carbonyl (C=O) groups excluding carboxylic acids is 1. The molecule has 0 saturated carbocycles. The lowest BCUT2D eigenvalue weighted by atomic mass is 10.2. The fraction of sp³-hybridized carbons (Fsp3) is 0.389. The average molecular weight is 438 g/mol. The molecule has 1 unspecified atom stereocenters. The predicted octanol–water partition coefficient (Wildman–Crippen LogP) is 1.49. The molecule has 0 radical (unpaired) electrons. The van der Waals surface area contributed by atoms with Crippen LogP contribution in [0.3, 0.4) is 0 Å². The fourth-order valence-corrected chi connectivity index (χ4v) is 4.47. The highest BCUT2D eigenvalue weighted by molar-refractivity contribution is 7.49. The van der Waals surface area contributed by atoms with Gasteiger partial charge in [-0.2, -0.15) is 0 Å². The number of fused-ring (bicyclic) bond motifs is 1. The van der Waals surface area contributed by atoms with Crippen molar-refractivity contribution < 1.29 is 32.4 Å². The molecule has 3 heterocycles. The Bertz CT molecular complexity index is 1110. The summed E-state index contributed by atoms with van der Waals surface area (Å²) in [6.45, 7) is 1.03. The van der Waals surface area contributed by atoms with Gasteiger partial charge in [0.2, 0.25) is 0 Å². The highest BCUT2D eigenvalue weighted by atomic mass is 31.2. The predicted molar refractivity (Wildman–Crippen MR) is 101 cm³/mol. The van der Waals surface area contributed by atoms with Crippen molar-refractivity contribution in [3.8, 4) is 5.75 Å². The van der Waals surface area contributed by atoms with E-state index in [0.717, 1.165) is 5.56 Å². The lowest BCUT2D eigenvalue weighted by Gasteiger charge is -2.26. The van der Waals surface area contributed by atoms with Crippen molar-refractivity contribution >= 4 is 13.8 Å². The van der Waals surface area contributed by atoms with E-state index in [1.54, 1.807) is 24.3 Å². The Morgan fingerprint density at radius 3 is 2.87 bits per heavy atom. The number of aromatic nitrogens is 2. The molecule has 0 aliphatic carbocycles. The highest BCUT2D eigenvalue weighted by Gasteiger charge is 2.42. The van der Waals surface area contributed by atoms with E-state index in [4.69, 9.17) is 23.0 Å². The monoisotopic (exact) mass is 438 g/mol. The van der Waals surface area contributed by atoms with Crippen LogP contribution >= 0.6 is 7.82 Å². The summed E-state index contributed by atoms with van der Waals surface area (Å²) in [5.41, 5.74) is -0.477. The Morgan fingerprint density at radius 1 is 1.30 bits per heavy atom. The zero-order valence-corrected chi connectivity index (χ0v) is 16.8. The molecule has 1 saturated heterocycles. The first-order chi connectivity index (χ1) is 14.3. The molecule has 1 fully saturated rings. The van der Waals surface area contributed by atoms with Crippen LogP contribution < -0.4 is 15.8 Å². The SMILES string of the molecule is CC(=O)OC1C[C@H](n2ccc(=O)[nH]c2=O)O[C@@H]1CO[P@]1(=O)OCc2ccccc2O1. The molecule has 160 valence electrons. The van der Waals surface area contributed by atoms with E-state index in [0.29, 0.717) is 5.75 Å². The van der Waals surface area contributed by atoms with E-state index in [1.807, 2.05) is 0 Å². The van der Waals surface area contributed by atoms with Crippen molar-refractivity contribution in [3.63, 3.8) is 0 Å². The van der Waals surface area contributed by atoms with Crippen molar-refractivity contribution in [1.29, 1.82) is 0 Å². The lowest BCUT2D eigenvalue weighted by Crippen LogP contribution is -2.32. The summed E-state index contributed by atoms with van der Waals surface area (Å²) < 4.78 is 41.1. The number of hydrogen-bond acceptors (Lipinski definition) is 9. The summed E-state index contributed by atoms with van der Waals surface area (Å²) in [5.74, 6) is -0.151. The number of nitrogens with one attached hydrogen (secondary N) is 1. The van der Waals surface area contributed by atoms with Gasteiger partial charge in [0.25, 0.3) is 5.56 Å². The second-order valence-corrected chi connectivity index (χ2v) is 8.34. The van der Waals surface area contributed by atoms with E-state index in [-0.39, 0.29) is 19.6 Å². The first-order valence-corrected chi connectivity index (χ1v) is 10.6. The largest absolute Gasteiger partial charge is 0.530 e. The number of benzene rings is 1. The first kappa shape index (κ1) is 20.5. The summed E-state index contributed by atoms with van der Waals surface area (Å²) in [4.78, 5) is 36.9. The van der Waals surface area contributed by atoms with Crippen LogP contribution in [0.15, 0.2) is 46.1 Å². The van der Waals surface area contributed by atoms with Gasteiger partial charge in [0.05, 0.1) is 13.2 Å². The number of nitrogens with zero attached hydrogens (tertiary/aromatic N) is 1. The van der Waals surface area contributed by atoms with Gasteiger partial charge in [-0.15, -0.1) is 0 Å². The van der Waals surface area contributed by atoms with E-state index in [1.165, 1.54) is 23.8 Å². The molecule has 1 aromatic carbocycles. The molecule has 12 heteroatoms. The number of rotatable bonds is 5. The van der Waals surface area contributed by atoms with Crippen LogP contribution in [-0.4, -0.2) is 34.3 Å². The molecule has 2 aliphatic rings. The summed E-state index contributed by atoms with van der Waals surface area (Å²) in [6, 6.07) is 8.15. The molecular formula is C18H19N2O9P. The quantitative estimate of drug-likeness (QED) is 0.544. The number of phosphoric ester groups is 1. The van der Waals surface area contributed by atoms with Gasteiger partial charge in [-0.1, -0.05) is 18.2 Å². The van der Waals surface area contributed by atoms with Gasteiger partial charge in [-0.3, -0.25) is 28.2 Å². The zero-order chi connectivity index (χ0) is 21.3. The van der Waals surface area contributed by atoms with Gasteiger partial charge in [0.15, 0.2) is 0 Å². The maximum atomic E-state index is 12.8. The number of H-pyrrole nitrogens is 1. The maximum Gasteiger partial charge on any atom is 0.530 e. The van der Waals surface area contributed by atoms with Gasteiger partial charge in [0.1, 0.15) is 24.2 Å². The van der Waals surface area contributed by atoms with Gasteiger partial charge in [0, 0.05) is 31.2 Å².